The van der Waals surface area contributed by atoms with Crippen LogP contribution in [-0.4, -0.2) is 41.1 Å². The number of carbonyl (C=O) groups excluding carboxylic acids is 2. The first kappa shape index (κ1) is 17.8. The first-order chi connectivity index (χ1) is 11.4. The molecule has 0 bridgehead atoms. The first-order valence-electron chi connectivity index (χ1n) is 6.65. The van der Waals surface area contributed by atoms with Crippen LogP contribution >= 0.6 is 0 Å². The molecule has 1 aromatic rings. The number of nitrogens with one attached hydrogen (secondary N) is 1. The summed E-state index contributed by atoms with van der Waals surface area (Å²) in [7, 11) is -1.71. The molecule has 10 heteroatoms. The third-order valence-electron chi connectivity index (χ3n) is 3.02. The van der Waals surface area contributed by atoms with Crippen molar-refractivity contribution in [2.24, 2.45) is 0 Å². The standard InChI is InChI=1S/C14H15NO8S/c1-20-12(16)7-15-24(18,19)11-6-4-3-5-9(11)14-22-8-10(23-14)13(17)21-2/h3-6,8,14-15H,7H2,1-2H3. The van der Waals surface area contributed by atoms with Gasteiger partial charge in [-0.2, -0.15) is 4.72 Å². The van der Waals surface area contributed by atoms with Gasteiger partial charge in [-0.3, -0.25) is 4.79 Å². The topological polar surface area (TPSA) is 117 Å². The number of ether oxygens (including phenoxy) is 4. The molecule has 1 heterocycles. The van der Waals surface area contributed by atoms with Crippen LogP contribution < -0.4 is 4.72 Å². The summed E-state index contributed by atoms with van der Waals surface area (Å²) in [5, 5.41) is 0. The fraction of sp³-hybridized carbons (Fsp3) is 0.286. The third kappa shape index (κ3) is 3.84. The Hall–Kier alpha value is -2.59. The molecule has 1 unspecified atom stereocenters. The van der Waals surface area contributed by atoms with Gasteiger partial charge in [0, 0.05) is 0 Å². The van der Waals surface area contributed by atoms with Gasteiger partial charge in [0.25, 0.3) is 6.29 Å². The van der Waals surface area contributed by atoms with Gasteiger partial charge in [-0.15, -0.1) is 0 Å². The molecule has 24 heavy (non-hydrogen) atoms. The molecule has 1 aromatic carbocycles. The third-order valence-corrected chi connectivity index (χ3v) is 4.49. The summed E-state index contributed by atoms with van der Waals surface area (Å²) in [5.74, 6) is -1.67. The Morgan fingerprint density at radius 2 is 1.92 bits per heavy atom. The second-order valence-corrected chi connectivity index (χ2v) is 6.23. The number of sulfonamides is 1. The summed E-state index contributed by atoms with van der Waals surface area (Å²) in [6.07, 6.45) is -0.0908. The number of rotatable bonds is 6. The minimum absolute atomic E-state index is 0.154. The highest BCUT2D eigenvalue weighted by molar-refractivity contribution is 7.89. The molecule has 1 aliphatic heterocycles. The number of hydrogen-bond acceptors (Lipinski definition) is 8. The molecule has 0 fully saturated rings. The van der Waals surface area contributed by atoms with Crippen molar-refractivity contribution in [2.45, 2.75) is 11.2 Å². The lowest BCUT2D eigenvalue weighted by Gasteiger charge is -2.16. The van der Waals surface area contributed by atoms with Gasteiger partial charge < -0.3 is 18.9 Å². The van der Waals surface area contributed by atoms with E-state index >= 15 is 0 Å². The van der Waals surface area contributed by atoms with Crippen molar-refractivity contribution in [1.82, 2.24) is 4.72 Å². The quantitative estimate of drug-likeness (QED) is 0.718. The summed E-state index contributed by atoms with van der Waals surface area (Å²) >= 11 is 0. The zero-order valence-electron chi connectivity index (χ0n) is 12.8. The SMILES string of the molecule is COC(=O)CNS(=O)(=O)c1ccccc1C1OC=C(C(=O)OC)O1. The van der Waals surface area contributed by atoms with Crippen molar-refractivity contribution in [1.29, 1.82) is 0 Å². The highest BCUT2D eigenvalue weighted by Crippen LogP contribution is 2.32. The molecular weight excluding hydrogens is 342 g/mol. The zero-order valence-corrected chi connectivity index (χ0v) is 13.7. The van der Waals surface area contributed by atoms with Crippen molar-refractivity contribution >= 4 is 22.0 Å². The fourth-order valence-electron chi connectivity index (χ4n) is 1.85. The molecule has 1 aliphatic rings. The van der Waals surface area contributed by atoms with Crippen LogP contribution in [0.3, 0.4) is 0 Å². The Bertz CT molecular complexity index is 771. The van der Waals surface area contributed by atoms with E-state index in [1.807, 2.05) is 0 Å². The monoisotopic (exact) mass is 357 g/mol. The largest absolute Gasteiger partial charge is 0.468 e. The number of methoxy groups -OCH3 is 2. The van der Waals surface area contributed by atoms with Crippen molar-refractivity contribution in [2.75, 3.05) is 20.8 Å². The predicted octanol–water partition coefficient (Wildman–Crippen LogP) is 0.198. The molecular formula is C14H15NO8S. The summed E-state index contributed by atoms with van der Waals surface area (Å²) in [5.41, 5.74) is 0.157. The first-order valence-corrected chi connectivity index (χ1v) is 8.13. The summed E-state index contributed by atoms with van der Waals surface area (Å²) in [4.78, 5) is 22.4. The lowest BCUT2D eigenvalue weighted by molar-refractivity contribution is -0.142. The maximum absolute atomic E-state index is 12.4. The molecule has 0 saturated carbocycles. The molecule has 9 nitrogen and oxygen atoms in total. The lowest BCUT2D eigenvalue weighted by atomic mass is 10.2. The highest BCUT2D eigenvalue weighted by atomic mass is 32.2. The molecule has 0 radical (unpaired) electrons. The average molecular weight is 357 g/mol. The molecule has 130 valence electrons. The van der Waals surface area contributed by atoms with Gasteiger partial charge in [-0.05, 0) is 6.07 Å². The van der Waals surface area contributed by atoms with E-state index in [4.69, 9.17) is 9.47 Å². The zero-order chi connectivity index (χ0) is 17.7. The molecule has 1 atom stereocenters. The van der Waals surface area contributed by atoms with Crippen LogP contribution in [0.5, 0.6) is 0 Å². The smallest absolute Gasteiger partial charge is 0.376 e. The van der Waals surface area contributed by atoms with Gasteiger partial charge in [-0.25, -0.2) is 13.2 Å². The van der Waals surface area contributed by atoms with Crippen LogP contribution in [0.15, 0.2) is 41.2 Å². The highest BCUT2D eigenvalue weighted by Gasteiger charge is 2.31. The van der Waals surface area contributed by atoms with E-state index in [-0.39, 0.29) is 16.2 Å². The number of esters is 2. The van der Waals surface area contributed by atoms with E-state index in [9.17, 15) is 18.0 Å². The molecule has 0 aromatic heterocycles. The normalized spacial score (nSPS) is 16.6. The van der Waals surface area contributed by atoms with Crippen LogP contribution in [0, 0.1) is 0 Å². The van der Waals surface area contributed by atoms with Crippen molar-refractivity contribution in [3.63, 3.8) is 0 Å². The van der Waals surface area contributed by atoms with Gasteiger partial charge in [0.05, 0.1) is 24.7 Å². The minimum atomic E-state index is -4.03. The Morgan fingerprint density at radius 1 is 1.21 bits per heavy atom. The maximum Gasteiger partial charge on any atom is 0.376 e. The Kier molecular flexibility index (Phi) is 5.42. The summed E-state index contributed by atoms with van der Waals surface area (Å²) in [6, 6.07) is 5.86. The second kappa shape index (κ2) is 7.32. The lowest BCUT2D eigenvalue weighted by Crippen LogP contribution is -2.31. The predicted molar refractivity (Wildman–Crippen MR) is 78.7 cm³/mol. The Balaban J connectivity index is 2.23. The van der Waals surface area contributed by atoms with Crippen LogP contribution in [0.25, 0.3) is 0 Å². The molecule has 0 amide bonds. The van der Waals surface area contributed by atoms with Gasteiger partial charge in [-0.1, -0.05) is 18.2 Å². The second-order valence-electron chi connectivity index (χ2n) is 4.50. The van der Waals surface area contributed by atoms with Crippen LogP contribution in [0.1, 0.15) is 11.9 Å². The van der Waals surface area contributed by atoms with Gasteiger partial charge in [0.2, 0.25) is 15.8 Å². The summed E-state index contributed by atoms with van der Waals surface area (Å²) in [6.45, 7) is -0.523. The number of carbonyl (C=O) groups is 2. The van der Waals surface area contributed by atoms with Crippen molar-refractivity contribution < 1.29 is 37.0 Å². The number of hydrogen-bond donors (Lipinski definition) is 1. The minimum Gasteiger partial charge on any atom is -0.468 e. The Labute approximate surface area is 138 Å². The van der Waals surface area contributed by atoms with E-state index in [2.05, 4.69) is 14.2 Å². The maximum atomic E-state index is 12.4. The molecule has 2 rings (SSSR count). The van der Waals surface area contributed by atoms with Crippen LogP contribution in [0.4, 0.5) is 0 Å². The van der Waals surface area contributed by atoms with E-state index in [1.54, 1.807) is 6.07 Å². The van der Waals surface area contributed by atoms with Crippen molar-refractivity contribution in [3.8, 4) is 0 Å². The molecule has 0 spiro atoms. The van der Waals surface area contributed by atoms with E-state index in [0.29, 0.717) is 0 Å². The molecule has 0 aliphatic carbocycles. The van der Waals surface area contributed by atoms with Gasteiger partial charge in [0.15, 0.2) is 0 Å². The van der Waals surface area contributed by atoms with Crippen molar-refractivity contribution in [3.05, 3.63) is 41.9 Å². The Morgan fingerprint density at radius 3 is 2.58 bits per heavy atom. The van der Waals surface area contributed by atoms with E-state index in [0.717, 1.165) is 13.4 Å². The molecule has 0 saturated heterocycles. The fourth-order valence-corrected chi connectivity index (χ4v) is 3.05. The van der Waals surface area contributed by atoms with Gasteiger partial charge >= 0.3 is 11.9 Å². The molecule has 1 N–H and O–H groups in total. The van der Waals surface area contributed by atoms with Gasteiger partial charge in [0.1, 0.15) is 12.8 Å². The van der Waals surface area contributed by atoms with Crippen LogP contribution in [0.2, 0.25) is 0 Å². The van der Waals surface area contributed by atoms with E-state index < -0.39 is 34.8 Å². The van der Waals surface area contributed by atoms with E-state index in [1.165, 1.54) is 25.3 Å². The number of benzene rings is 1. The summed E-state index contributed by atoms with van der Waals surface area (Å²) < 4.78 is 46.2. The average Bonchev–Trinajstić information content (AvgIpc) is 3.09. The van der Waals surface area contributed by atoms with Crippen LogP contribution in [-0.2, 0) is 38.6 Å².